The zero-order valence-corrected chi connectivity index (χ0v) is 12.5. The summed E-state index contributed by atoms with van der Waals surface area (Å²) in [6.45, 7) is 8.93. The van der Waals surface area contributed by atoms with E-state index in [4.69, 9.17) is 5.11 Å². The predicted molar refractivity (Wildman–Crippen MR) is 76.3 cm³/mol. The van der Waals surface area contributed by atoms with Crippen LogP contribution in [0.25, 0.3) is 0 Å². The summed E-state index contributed by atoms with van der Waals surface area (Å²) in [5.74, 6) is 0.0891. The van der Waals surface area contributed by atoms with Crippen LogP contribution in [0.4, 0.5) is 0 Å². The summed E-state index contributed by atoms with van der Waals surface area (Å²) in [6.07, 6.45) is 1.60. The second-order valence-corrected chi connectivity index (χ2v) is 5.97. The van der Waals surface area contributed by atoms with Crippen molar-refractivity contribution < 1.29 is 9.90 Å². The van der Waals surface area contributed by atoms with Gasteiger partial charge < -0.3 is 10.0 Å². The van der Waals surface area contributed by atoms with Crippen molar-refractivity contribution >= 4 is 17.2 Å². The molecule has 0 fully saturated rings. The maximum absolute atomic E-state index is 12.4. The minimum Gasteiger partial charge on any atom is -0.396 e. The number of thiophene rings is 1. The van der Waals surface area contributed by atoms with Crippen molar-refractivity contribution in [2.24, 2.45) is 0 Å². The molecule has 0 aromatic carbocycles. The molecule has 0 saturated heterocycles. The average Bonchev–Trinajstić information content (AvgIpc) is 2.70. The Morgan fingerprint density at radius 1 is 1.50 bits per heavy atom. The van der Waals surface area contributed by atoms with E-state index < -0.39 is 0 Å². The van der Waals surface area contributed by atoms with Crippen LogP contribution in [0.1, 0.15) is 47.3 Å². The fourth-order valence-electron chi connectivity index (χ4n) is 1.95. The number of hydrogen-bond donors (Lipinski definition) is 1. The van der Waals surface area contributed by atoms with Crippen molar-refractivity contribution in [1.82, 2.24) is 4.90 Å². The summed E-state index contributed by atoms with van der Waals surface area (Å²) in [5, 5.41) is 8.90. The third kappa shape index (κ3) is 3.56. The largest absolute Gasteiger partial charge is 0.396 e. The van der Waals surface area contributed by atoms with Crippen molar-refractivity contribution in [2.75, 3.05) is 13.2 Å². The normalized spacial score (nSPS) is 11.0. The van der Waals surface area contributed by atoms with E-state index in [0.29, 0.717) is 13.0 Å². The number of rotatable bonds is 6. The lowest BCUT2D eigenvalue weighted by molar-refractivity contribution is 0.0698. The van der Waals surface area contributed by atoms with Crippen LogP contribution in [0.15, 0.2) is 6.07 Å². The SMILES string of the molecule is CCc1cc(C(=O)N(CCCO)C(C)C)sc1C. The van der Waals surface area contributed by atoms with Gasteiger partial charge in [-0.3, -0.25) is 4.79 Å². The highest BCUT2D eigenvalue weighted by Gasteiger charge is 2.20. The lowest BCUT2D eigenvalue weighted by Crippen LogP contribution is -2.37. The molecule has 0 spiro atoms. The quantitative estimate of drug-likeness (QED) is 0.862. The summed E-state index contributed by atoms with van der Waals surface area (Å²) in [4.78, 5) is 16.3. The molecule has 0 aliphatic rings. The molecule has 0 bridgehead atoms. The van der Waals surface area contributed by atoms with Crippen LogP contribution in [-0.4, -0.2) is 35.1 Å². The highest BCUT2D eigenvalue weighted by molar-refractivity contribution is 7.14. The van der Waals surface area contributed by atoms with Gasteiger partial charge in [-0.1, -0.05) is 6.92 Å². The van der Waals surface area contributed by atoms with Gasteiger partial charge in [-0.25, -0.2) is 0 Å². The number of nitrogens with zero attached hydrogens (tertiary/aromatic N) is 1. The fourth-order valence-corrected chi connectivity index (χ4v) is 3.02. The van der Waals surface area contributed by atoms with Gasteiger partial charge in [0.1, 0.15) is 0 Å². The lowest BCUT2D eigenvalue weighted by atomic mass is 10.2. The van der Waals surface area contributed by atoms with Gasteiger partial charge in [0.05, 0.1) is 4.88 Å². The van der Waals surface area contributed by atoms with Crippen LogP contribution in [0.2, 0.25) is 0 Å². The third-order valence-corrected chi connectivity index (χ3v) is 4.13. The molecule has 0 atom stereocenters. The van der Waals surface area contributed by atoms with Gasteiger partial charge in [-0.05, 0) is 45.2 Å². The molecule has 0 radical (unpaired) electrons. The molecule has 18 heavy (non-hydrogen) atoms. The summed E-state index contributed by atoms with van der Waals surface area (Å²) in [6, 6.07) is 2.17. The van der Waals surface area contributed by atoms with Gasteiger partial charge in [0.25, 0.3) is 5.91 Å². The standard InChI is InChI=1S/C14H23NO2S/c1-5-12-9-13(18-11(12)4)14(17)15(10(2)3)7-6-8-16/h9-10,16H,5-8H2,1-4H3. The molecule has 1 rings (SSSR count). The smallest absolute Gasteiger partial charge is 0.264 e. The zero-order valence-electron chi connectivity index (χ0n) is 11.7. The summed E-state index contributed by atoms with van der Waals surface area (Å²) in [5.41, 5.74) is 1.26. The van der Waals surface area contributed by atoms with E-state index in [9.17, 15) is 4.79 Å². The molecular formula is C14H23NO2S. The van der Waals surface area contributed by atoms with Gasteiger partial charge in [0.2, 0.25) is 0 Å². The maximum atomic E-state index is 12.4. The molecule has 0 saturated carbocycles. The van der Waals surface area contributed by atoms with E-state index in [1.165, 1.54) is 10.4 Å². The molecule has 1 aromatic heterocycles. The highest BCUT2D eigenvalue weighted by atomic mass is 32.1. The predicted octanol–water partition coefficient (Wildman–Crippen LogP) is 2.85. The molecule has 4 heteroatoms. The molecule has 0 unspecified atom stereocenters. The Morgan fingerprint density at radius 2 is 2.17 bits per heavy atom. The van der Waals surface area contributed by atoms with E-state index >= 15 is 0 Å². The molecule has 102 valence electrons. The third-order valence-electron chi connectivity index (χ3n) is 3.05. The van der Waals surface area contributed by atoms with Gasteiger partial charge in [-0.2, -0.15) is 0 Å². The Morgan fingerprint density at radius 3 is 2.61 bits per heavy atom. The Kier molecular flexibility index (Phi) is 5.82. The van der Waals surface area contributed by atoms with E-state index in [0.717, 1.165) is 11.3 Å². The van der Waals surface area contributed by atoms with Crippen molar-refractivity contribution in [1.29, 1.82) is 0 Å². The Labute approximate surface area is 113 Å². The summed E-state index contributed by atoms with van der Waals surface area (Å²) < 4.78 is 0. The number of amides is 1. The fraction of sp³-hybridized carbons (Fsp3) is 0.643. The first-order valence-corrected chi connectivity index (χ1v) is 7.34. The Bertz CT molecular complexity index is 398. The lowest BCUT2D eigenvalue weighted by Gasteiger charge is -2.26. The molecule has 3 nitrogen and oxygen atoms in total. The molecule has 0 aliphatic carbocycles. The Hall–Kier alpha value is -0.870. The Balaban J connectivity index is 2.87. The molecule has 1 N–H and O–H groups in total. The minimum absolute atomic E-state index is 0.0891. The molecular weight excluding hydrogens is 246 g/mol. The monoisotopic (exact) mass is 269 g/mol. The van der Waals surface area contributed by atoms with Crippen LogP contribution in [0.5, 0.6) is 0 Å². The molecule has 1 amide bonds. The van der Waals surface area contributed by atoms with E-state index in [1.54, 1.807) is 11.3 Å². The van der Waals surface area contributed by atoms with Gasteiger partial charge in [0.15, 0.2) is 0 Å². The summed E-state index contributed by atoms with van der Waals surface area (Å²) in [7, 11) is 0. The molecule has 1 aromatic rings. The number of aliphatic hydroxyl groups is 1. The number of hydrogen-bond acceptors (Lipinski definition) is 3. The van der Waals surface area contributed by atoms with Gasteiger partial charge in [-0.15, -0.1) is 11.3 Å². The summed E-state index contributed by atoms with van der Waals surface area (Å²) >= 11 is 1.57. The van der Waals surface area contributed by atoms with Gasteiger partial charge in [0, 0.05) is 24.1 Å². The number of carbonyl (C=O) groups excluding carboxylic acids is 1. The van der Waals surface area contributed by atoms with Crippen LogP contribution in [0.3, 0.4) is 0 Å². The second-order valence-electron chi connectivity index (χ2n) is 4.72. The number of aliphatic hydroxyl groups excluding tert-OH is 1. The average molecular weight is 269 g/mol. The first-order chi connectivity index (χ1) is 8.51. The van der Waals surface area contributed by atoms with E-state index in [-0.39, 0.29) is 18.6 Å². The van der Waals surface area contributed by atoms with Crippen LogP contribution in [-0.2, 0) is 6.42 Å². The first-order valence-electron chi connectivity index (χ1n) is 6.52. The van der Waals surface area contributed by atoms with Crippen LogP contribution < -0.4 is 0 Å². The zero-order chi connectivity index (χ0) is 13.7. The first kappa shape index (κ1) is 15.2. The topological polar surface area (TPSA) is 40.5 Å². The van der Waals surface area contributed by atoms with Gasteiger partial charge >= 0.3 is 0 Å². The molecule has 1 heterocycles. The van der Waals surface area contributed by atoms with Crippen molar-refractivity contribution in [3.05, 3.63) is 21.4 Å². The van der Waals surface area contributed by atoms with Crippen LogP contribution >= 0.6 is 11.3 Å². The maximum Gasteiger partial charge on any atom is 0.264 e. The number of carbonyl (C=O) groups is 1. The molecule has 0 aliphatic heterocycles. The van der Waals surface area contributed by atoms with Crippen LogP contribution in [0, 0.1) is 6.92 Å². The minimum atomic E-state index is 0.0891. The highest BCUT2D eigenvalue weighted by Crippen LogP contribution is 2.24. The van der Waals surface area contributed by atoms with E-state index in [1.807, 2.05) is 24.8 Å². The van der Waals surface area contributed by atoms with E-state index in [2.05, 4.69) is 13.8 Å². The second kappa shape index (κ2) is 6.90. The van der Waals surface area contributed by atoms with Crippen molar-refractivity contribution in [2.45, 2.75) is 46.6 Å². The van der Waals surface area contributed by atoms with Crippen molar-refractivity contribution in [3.63, 3.8) is 0 Å². The van der Waals surface area contributed by atoms with Crippen molar-refractivity contribution in [3.8, 4) is 0 Å². The number of aryl methyl sites for hydroxylation is 2.